The predicted molar refractivity (Wildman–Crippen MR) is 80.3 cm³/mol. The van der Waals surface area contributed by atoms with Crippen LogP contribution in [0.3, 0.4) is 0 Å². The van der Waals surface area contributed by atoms with Crippen molar-refractivity contribution in [3.63, 3.8) is 0 Å². The average Bonchev–Trinajstić information content (AvgIpc) is 2.51. The van der Waals surface area contributed by atoms with E-state index in [1.807, 2.05) is 31.2 Å². The smallest absolute Gasteiger partial charge is 0.252 e. The second-order valence-corrected chi connectivity index (χ2v) is 4.58. The lowest BCUT2D eigenvalue weighted by atomic mass is 10.1. The molecular weight excluding hydrogens is 268 g/mol. The minimum absolute atomic E-state index is 0.437. The summed E-state index contributed by atoms with van der Waals surface area (Å²) in [6.45, 7) is 1.98. The molecule has 0 aromatic heterocycles. The van der Waals surface area contributed by atoms with Gasteiger partial charge in [-0.15, -0.1) is 4.91 Å². The Bertz CT molecular complexity index is 638. The molecule has 0 aliphatic carbocycles. The first-order valence-electron chi connectivity index (χ1n) is 6.53. The van der Waals surface area contributed by atoms with Gasteiger partial charge in [0, 0.05) is 12.6 Å². The summed E-state index contributed by atoms with van der Waals surface area (Å²) >= 11 is 0. The van der Waals surface area contributed by atoms with E-state index in [0.717, 1.165) is 5.56 Å². The molecule has 2 rings (SSSR count). The Morgan fingerprint density at radius 3 is 2.43 bits per heavy atom. The number of ether oxygens (including phenoxy) is 1. The third-order valence-corrected chi connectivity index (χ3v) is 3.06. The molecule has 1 atom stereocenters. The normalized spacial score (nSPS) is 11.5. The molecule has 21 heavy (non-hydrogen) atoms. The van der Waals surface area contributed by atoms with E-state index in [4.69, 9.17) is 4.74 Å². The lowest BCUT2D eigenvalue weighted by molar-refractivity contribution is -0.121. The molecule has 2 aromatic carbocycles. The van der Waals surface area contributed by atoms with Gasteiger partial charge in [-0.25, -0.2) is 0 Å². The van der Waals surface area contributed by atoms with Gasteiger partial charge in [-0.3, -0.25) is 4.79 Å². The monoisotopic (exact) mass is 284 g/mol. The maximum Gasteiger partial charge on any atom is 0.252 e. The summed E-state index contributed by atoms with van der Waals surface area (Å²) in [6.07, 6.45) is 0. The van der Waals surface area contributed by atoms with Crippen LogP contribution in [0.1, 0.15) is 17.2 Å². The van der Waals surface area contributed by atoms with Gasteiger partial charge in [-0.05, 0) is 25.1 Å². The zero-order chi connectivity index (χ0) is 15.2. The van der Waals surface area contributed by atoms with Crippen molar-refractivity contribution in [3.05, 3.63) is 64.6 Å². The number of carbonyl (C=O) groups is 1. The van der Waals surface area contributed by atoms with Gasteiger partial charge < -0.3 is 10.1 Å². The zero-order valence-corrected chi connectivity index (χ0v) is 11.9. The first-order chi connectivity index (χ1) is 10.2. The Kier molecular flexibility index (Phi) is 4.66. The van der Waals surface area contributed by atoms with Crippen LogP contribution in [-0.4, -0.2) is 13.0 Å². The highest BCUT2D eigenvalue weighted by Crippen LogP contribution is 2.31. The number of amides is 1. The second kappa shape index (κ2) is 6.65. The Labute approximate surface area is 122 Å². The fraction of sp³-hybridized carbons (Fsp3) is 0.188. The summed E-state index contributed by atoms with van der Waals surface area (Å²) in [7, 11) is 1.46. The van der Waals surface area contributed by atoms with Crippen molar-refractivity contribution in [2.75, 3.05) is 7.05 Å². The van der Waals surface area contributed by atoms with E-state index in [0.29, 0.717) is 17.1 Å². The van der Waals surface area contributed by atoms with Gasteiger partial charge in [0.05, 0.1) is 0 Å². The van der Waals surface area contributed by atoms with Gasteiger partial charge in [0.1, 0.15) is 11.5 Å². The number of hydrogen-bond donors (Lipinski definition) is 1. The van der Waals surface area contributed by atoms with Gasteiger partial charge in [-0.1, -0.05) is 41.1 Å². The Hall–Kier alpha value is -2.69. The minimum atomic E-state index is -1.13. The fourth-order valence-electron chi connectivity index (χ4n) is 1.92. The maximum absolute atomic E-state index is 11.7. The third kappa shape index (κ3) is 3.45. The average molecular weight is 284 g/mol. The van der Waals surface area contributed by atoms with E-state index >= 15 is 0 Å². The Morgan fingerprint density at radius 2 is 1.81 bits per heavy atom. The van der Waals surface area contributed by atoms with E-state index < -0.39 is 11.9 Å². The van der Waals surface area contributed by atoms with E-state index in [2.05, 4.69) is 10.5 Å². The molecule has 0 aliphatic rings. The van der Waals surface area contributed by atoms with Crippen LogP contribution >= 0.6 is 0 Å². The standard InChI is InChI=1S/C16H16N2O3/c1-11-7-9-12(10-8-11)21-14-6-4-3-5-13(14)15(18-20)16(19)17-2/h3-10,15H,1-2H3,(H,17,19). The third-order valence-electron chi connectivity index (χ3n) is 3.06. The van der Waals surface area contributed by atoms with Gasteiger partial charge >= 0.3 is 0 Å². The van der Waals surface area contributed by atoms with Crippen molar-refractivity contribution in [1.82, 2.24) is 5.32 Å². The highest BCUT2D eigenvalue weighted by Gasteiger charge is 2.24. The topological polar surface area (TPSA) is 67.8 Å². The summed E-state index contributed by atoms with van der Waals surface area (Å²) < 4.78 is 5.76. The molecule has 1 amide bonds. The number of likely N-dealkylation sites (N-methyl/N-ethyl adjacent to an activating group) is 1. The van der Waals surface area contributed by atoms with Crippen LogP contribution in [0.2, 0.25) is 0 Å². The summed E-state index contributed by atoms with van der Waals surface area (Å²) in [5, 5.41) is 5.33. The lowest BCUT2D eigenvalue weighted by Gasteiger charge is -2.14. The van der Waals surface area contributed by atoms with Crippen LogP contribution in [0.4, 0.5) is 0 Å². The molecule has 5 nitrogen and oxygen atoms in total. The van der Waals surface area contributed by atoms with Crippen molar-refractivity contribution in [2.45, 2.75) is 13.0 Å². The number of hydrogen-bond acceptors (Lipinski definition) is 4. The summed E-state index contributed by atoms with van der Waals surface area (Å²) in [5.41, 5.74) is 1.56. The Morgan fingerprint density at radius 1 is 1.14 bits per heavy atom. The molecular formula is C16H16N2O3. The predicted octanol–water partition coefficient (Wildman–Crippen LogP) is 3.34. The van der Waals surface area contributed by atoms with Crippen molar-refractivity contribution >= 4 is 5.91 Å². The van der Waals surface area contributed by atoms with Crippen LogP contribution in [0.5, 0.6) is 11.5 Å². The molecule has 0 heterocycles. The minimum Gasteiger partial charge on any atom is -0.457 e. The first kappa shape index (κ1) is 14.7. The molecule has 0 fully saturated rings. The molecule has 0 aliphatic heterocycles. The van der Waals surface area contributed by atoms with Crippen LogP contribution in [0, 0.1) is 11.8 Å². The van der Waals surface area contributed by atoms with E-state index in [9.17, 15) is 9.70 Å². The van der Waals surface area contributed by atoms with Crippen molar-refractivity contribution in [3.8, 4) is 11.5 Å². The number of aryl methyl sites for hydroxylation is 1. The van der Waals surface area contributed by atoms with Crippen LogP contribution in [-0.2, 0) is 4.79 Å². The van der Waals surface area contributed by atoms with Gasteiger partial charge in [-0.2, -0.15) is 0 Å². The molecule has 108 valence electrons. The quantitative estimate of drug-likeness (QED) is 0.856. The lowest BCUT2D eigenvalue weighted by Crippen LogP contribution is -2.24. The van der Waals surface area contributed by atoms with E-state index in [1.165, 1.54) is 7.05 Å². The van der Waals surface area contributed by atoms with Gasteiger partial charge in [0.2, 0.25) is 0 Å². The highest BCUT2D eigenvalue weighted by atomic mass is 16.5. The van der Waals surface area contributed by atoms with Crippen LogP contribution in [0.25, 0.3) is 0 Å². The second-order valence-electron chi connectivity index (χ2n) is 4.58. The number of nitrogens with one attached hydrogen (secondary N) is 1. The maximum atomic E-state index is 11.7. The molecule has 0 saturated heterocycles. The number of para-hydroxylation sites is 1. The number of nitrogens with zero attached hydrogens (tertiary/aromatic N) is 1. The molecule has 0 saturated carbocycles. The molecule has 0 bridgehead atoms. The van der Waals surface area contributed by atoms with Crippen molar-refractivity contribution in [2.24, 2.45) is 5.18 Å². The largest absolute Gasteiger partial charge is 0.457 e. The molecule has 5 heteroatoms. The number of carbonyl (C=O) groups excluding carboxylic acids is 1. The first-order valence-corrected chi connectivity index (χ1v) is 6.53. The van der Waals surface area contributed by atoms with E-state index in [-0.39, 0.29) is 0 Å². The summed E-state index contributed by atoms with van der Waals surface area (Å²) in [4.78, 5) is 22.7. The number of benzene rings is 2. The van der Waals surface area contributed by atoms with Crippen LogP contribution < -0.4 is 10.1 Å². The van der Waals surface area contributed by atoms with Gasteiger partial charge in [0.25, 0.3) is 5.91 Å². The molecule has 2 aromatic rings. The summed E-state index contributed by atoms with van der Waals surface area (Å²) in [5.74, 6) is 0.606. The molecule has 0 radical (unpaired) electrons. The molecule has 0 spiro atoms. The molecule has 1 N–H and O–H groups in total. The highest BCUT2D eigenvalue weighted by molar-refractivity contribution is 5.83. The zero-order valence-electron chi connectivity index (χ0n) is 11.9. The fourth-order valence-corrected chi connectivity index (χ4v) is 1.92. The van der Waals surface area contributed by atoms with Crippen molar-refractivity contribution < 1.29 is 9.53 Å². The van der Waals surface area contributed by atoms with Gasteiger partial charge in [0.15, 0.2) is 6.04 Å². The summed E-state index contributed by atoms with van der Waals surface area (Å²) in [6, 6.07) is 13.2. The number of rotatable bonds is 5. The number of nitroso groups, excluding NO2 is 1. The van der Waals surface area contributed by atoms with Crippen molar-refractivity contribution in [1.29, 1.82) is 0 Å². The SMILES string of the molecule is CNC(=O)C(N=O)c1ccccc1Oc1ccc(C)cc1. The molecule has 1 unspecified atom stereocenters. The Balaban J connectivity index is 2.34. The van der Waals surface area contributed by atoms with Crippen LogP contribution in [0.15, 0.2) is 53.7 Å². The van der Waals surface area contributed by atoms with E-state index in [1.54, 1.807) is 24.3 Å².